The molecular formula is C8H10FNO2. The van der Waals surface area contributed by atoms with Crippen LogP contribution in [-0.4, -0.2) is 21.8 Å². The summed E-state index contributed by atoms with van der Waals surface area (Å²) in [5.41, 5.74) is 0.380. The van der Waals surface area contributed by atoms with Crippen molar-refractivity contribution in [2.75, 3.05) is 6.61 Å². The van der Waals surface area contributed by atoms with Gasteiger partial charge in [-0.2, -0.15) is 0 Å². The Morgan fingerprint density at radius 3 is 2.75 bits per heavy atom. The average Bonchev–Trinajstić information content (AvgIpc) is 2.06. The number of pyridine rings is 1. The zero-order valence-electron chi connectivity index (χ0n) is 6.44. The molecule has 0 amide bonds. The third-order valence-corrected chi connectivity index (χ3v) is 1.49. The fraction of sp³-hybridized carbons (Fsp3) is 0.375. The van der Waals surface area contributed by atoms with Gasteiger partial charge >= 0.3 is 0 Å². The smallest absolute Gasteiger partial charge is 0.141 e. The van der Waals surface area contributed by atoms with Crippen LogP contribution in [0.4, 0.5) is 4.39 Å². The van der Waals surface area contributed by atoms with Gasteiger partial charge in [-0.1, -0.05) is 0 Å². The van der Waals surface area contributed by atoms with E-state index in [0.717, 1.165) is 6.20 Å². The molecule has 1 unspecified atom stereocenters. The van der Waals surface area contributed by atoms with Crippen LogP contribution in [0.5, 0.6) is 0 Å². The first-order valence-electron chi connectivity index (χ1n) is 3.64. The Balaban J connectivity index is 2.68. The lowest BCUT2D eigenvalue weighted by atomic mass is 10.2. The van der Waals surface area contributed by atoms with Gasteiger partial charge in [-0.15, -0.1) is 0 Å². The number of halogens is 1. The molecule has 1 rings (SSSR count). The standard InChI is InChI=1S/C8H10FNO2/c9-6-1-2-7(10-5-6)8(12)3-4-11/h1-2,5,8,11-12H,3-4H2. The average molecular weight is 171 g/mol. The third-order valence-electron chi connectivity index (χ3n) is 1.49. The van der Waals surface area contributed by atoms with Crippen molar-refractivity contribution in [3.8, 4) is 0 Å². The van der Waals surface area contributed by atoms with Crippen LogP contribution in [0.3, 0.4) is 0 Å². The maximum atomic E-state index is 12.3. The monoisotopic (exact) mass is 171 g/mol. The largest absolute Gasteiger partial charge is 0.396 e. The topological polar surface area (TPSA) is 53.4 Å². The molecule has 0 radical (unpaired) electrons. The summed E-state index contributed by atoms with van der Waals surface area (Å²) in [7, 11) is 0. The molecule has 66 valence electrons. The van der Waals surface area contributed by atoms with E-state index >= 15 is 0 Å². The van der Waals surface area contributed by atoms with E-state index in [1.807, 2.05) is 0 Å². The lowest BCUT2D eigenvalue weighted by molar-refractivity contribution is 0.130. The van der Waals surface area contributed by atoms with Crippen LogP contribution < -0.4 is 0 Å². The minimum Gasteiger partial charge on any atom is -0.396 e. The summed E-state index contributed by atoms with van der Waals surface area (Å²) in [5.74, 6) is -0.435. The number of aromatic nitrogens is 1. The Kier molecular flexibility index (Phi) is 3.13. The first-order chi connectivity index (χ1) is 5.74. The molecule has 0 spiro atoms. The molecule has 0 aliphatic carbocycles. The molecule has 0 aliphatic heterocycles. The minimum atomic E-state index is -0.810. The Bertz CT molecular complexity index is 237. The quantitative estimate of drug-likeness (QED) is 0.701. The van der Waals surface area contributed by atoms with E-state index in [1.165, 1.54) is 12.1 Å². The molecule has 1 aromatic rings. The zero-order valence-corrected chi connectivity index (χ0v) is 6.44. The molecule has 0 saturated heterocycles. The van der Waals surface area contributed by atoms with Crippen LogP contribution in [0.15, 0.2) is 18.3 Å². The fourth-order valence-corrected chi connectivity index (χ4v) is 0.855. The summed E-state index contributed by atoms with van der Waals surface area (Å²) < 4.78 is 12.3. The van der Waals surface area contributed by atoms with Gasteiger partial charge in [0.05, 0.1) is 18.0 Å². The molecule has 1 atom stereocenters. The van der Waals surface area contributed by atoms with Crippen molar-refractivity contribution in [2.24, 2.45) is 0 Å². The molecule has 0 fully saturated rings. The Morgan fingerprint density at radius 1 is 1.50 bits per heavy atom. The SMILES string of the molecule is OCCC(O)c1ccc(F)cn1. The van der Waals surface area contributed by atoms with Crippen LogP contribution in [0, 0.1) is 5.82 Å². The molecule has 2 N–H and O–H groups in total. The minimum absolute atomic E-state index is 0.111. The van der Waals surface area contributed by atoms with Crippen molar-refractivity contribution >= 4 is 0 Å². The molecule has 0 bridgehead atoms. The van der Waals surface area contributed by atoms with Gasteiger partial charge in [-0.3, -0.25) is 4.98 Å². The van der Waals surface area contributed by atoms with Crippen LogP contribution in [-0.2, 0) is 0 Å². The highest BCUT2D eigenvalue weighted by atomic mass is 19.1. The second-order valence-electron chi connectivity index (χ2n) is 2.43. The molecule has 4 heteroatoms. The van der Waals surface area contributed by atoms with Gasteiger partial charge in [-0.25, -0.2) is 4.39 Å². The van der Waals surface area contributed by atoms with E-state index in [2.05, 4.69) is 4.98 Å². The van der Waals surface area contributed by atoms with Crippen LogP contribution in [0.25, 0.3) is 0 Å². The van der Waals surface area contributed by atoms with E-state index in [0.29, 0.717) is 5.69 Å². The molecule has 0 saturated carbocycles. The van der Waals surface area contributed by atoms with Crippen molar-refractivity contribution in [1.29, 1.82) is 0 Å². The van der Waals surface area contributed by atoms with Gasteiger partial charge < -0.3 is 10.2 Å². The Labute approximate surface area is 69.5 Å². The van der Waals surface area contributed by atoms with E-state index in [1.54, 1.807) is 0 Å². The van der Waals surface area contributed by atoms with Crippen molar-refractivity contribution in [1.82, 2.24) is 4.98 Å². The molecule has 1 aromatic heterocycles. The number of nitrogens with zero attached hydrogens (tertiary/aromatic N) is 1. The third kappa shape index (κ3) is 2.25. The summed E-state index contributed by atoms with van der Waals surface area (Å²) >= 11 is 0. The zero-order chi connectivity index (χ0) is 8.97. The highest BCUT2D eigenvalue weighted by Gasteiger charge is 2.07. The summed E-state index contributed by atoms with van der Waals surface area (Å²) in [6.45, 7) is -0.111. The second kappa shape index (κ2) is 4.13. The number of rotatable bonds is 3. The van der Waals surface area contributed by atoms with Gasteiger partial charge in [0.15, 0.2) is 0 Å². The van der Waals surface area contributed by atoms with E-state index in [9.17, 15) is 9.50 Å². The van der Waals surface area contributed by atoms with Crippen LogP contribution >= 0.6 is 0 Å². The summed E-state index contributed by atoms with van der Waals surface area (Å²) in [6, 6.07) is 2.62. The van der Waals surface area contributed by atoms with Crippen molar-refractivity contribution < 1.29 is 14.6 Å². The van der Waals surface area contributed by atoms with Gasteiger partial charge in [0, 0.05) is 13.0 Å². The lowest BCUT2D eigenvalue weighted by Gasteiger charge is -2.06. The molecule has 0 aromatic carbocycles. The second-order valence-corrected chi connectivity index (χ2v) is 2.43. The molecule has 12 heavy (non-hydrogen) atoms. The van der Waals surface area contributed by atoms with Crippen molar-refractivity contribution in [3.05, 3.63) is 29.8 Å². The maximum Gasteiger partial charge on any atom is 0.141 e. The molecule has 1 heterocycles. The predicted molar refractivity (Wildman–Crippen MR) is 40.9 cm³/mol. The number of aliphatic hydroxyl groups is 2. The lowest BCUT2D eigenvalue weighted by Crippen LogP contribution is -2.02. The maximum absolute atomic E-state index is 12.3. The van der Waals surface area contributed by atoms with Gasteiger partial charge in [-0.05, 0) is 12.1 Å². The van der Waals surface area contributed by atoms with Gasteiger partial charge in [0.1, 0.15) is 5.82 Å². The normalized spacial score (nSPS) is 12.9. The first kappa shape index (κ1) is 9.09. The van der Waals surface area contributed by atoms with Gasteiger partial charge in [0.25, 0.3) is 0 Å². The van der Waals surface area contributed by atoms with E-state index < -0.39 is 11.9 Å². The highest BCUT2D eigenvalue weighted by molar-refractivity contribution is 5.07. The molecule has 3 nitrogen and oxygen atoms in total. The number of aliphatic hydroxyl groups excluding tert-OH is 2. The Hall–Kier alpha value is -1.00. The number of hydrogen-bond donors (Lipinski definition) is 2. The molecular weight excluding hydrogens is 161 g/mol. The summed E-state index contributed by atoms with van der Waals surface area (Å²) in [4.78, 5) is 3.66. The van der Waals surface area contributed by atoms with Gasteiger partial charge in [0.2, 0.25) is 0 Å². The highest BCUT2D eigenvalue weighted by Crippen LogP contribution is 2.12. The summed E-state index contributed by atoms with van der Waals surface area (Å²) in [6.07, 6.45) is 0.449. The van der Waals surface area contributed by atoms with Crippen molar-refractivity contribution in [2.45, 2.75) is 12.5 Å². The fourth-order valence-electron chi connectivity index (χ4n) is 0.855. The van der Waals surface area contributed by atoms with E-state index in [-0.39, 0.29) is 13.0 Å². The van der Waals surface area contributed by atoms with E-state index in [4.69, 9.17) is 5.11 Å². The summed E-state index contributed by atoms with van der Waals surface area (Å²) in [5, 5.41) is 17.8. The number of hydrogen-bond acceptors (Lipinski definition) is 3. The molecule has 0 aliphatic rings. The van der Waals surface area contributed by atoms with Crippen molar-refractivity contribution in [3.63, 3.8) is 0 Å². The Morgan fingerprint density at radius 2 is 2.25 bits per heavy atom. The first-order valence-corrected chi connectivity index (χ1v) is 3.64. The van der Waals surface area contributed by atoms with Crippen LogP contribution in [0.1, 0.15) is 18.2 Å². The predicted octanol–water partition coefficient (Wildman–Crippen LogP) is 0.637. The van der Waals surface area contributed by atoms with Crippen LogP contribution in [0.2, 0.25) is 0 Å².